The highest BCUT2D eigenvalue weighted by Gasteiger charge is 2.20. The lowest BCUT2D eigenvalue weighted by atomic mass is 10.1. The number of rotatable bonds is 12. The number of anilines is 1. The minimum Gasteiger partial charge on any atom is -0.465 e. The summed E-state index contributed by atoms with van der Waals surface area (Å²) < 4.78 is 12.4. The van der Waals surface area contributed by atoms with Crippen LogP contribution in [0.1, 0.15) is 58.4 Å². The van der Waals surface area contributed by atoms with Gasteiger partial charge in [-0.1, -0.05) is 17.7 Å². The number of carboxylic acid groups (broad SMARTS) is 1. The lowest BCUT2D eigenvalue weighted by Crippen LogP contribution is -2.44. The molecule has 3 heterocycles. The SMILES string of the molecule is CN(CCCOCc1ccc(Cl)nc1)C(=O)OC(C)(C)C.Nc1ccn(CCCCN2CCC(NC(=O)O)CC2)c(=O)n1. The minimum absolute atomic E-state index is 0.0770. The van der Waals surface area contributed by atoms with Crippen molar-refractivity contribution in [3.05, 3.63) is 51.8 Å². The zero-order valence-electron chi connectivity index (χ0n) is 25.6. The molecule has 0 radical (unpaired) electrons. The number of nitrogen functional groups attached to an aromatic ring is 1. The van der Waals surface area contributed by atoms with E-state index in [-0.39, 0.29) is 23.6 Å². The first kappa shape index (κ1) is 35.8. The second kappa shape index (κ2) is 18.3. The lowest BCUT2D eigenvalue weighted by Gasteiger charge is -2.31. The Labute approximate surface area is 258 Å². The van der Waals surface area contributed by atoms with Crippen LogP contribution < -0.4 is 16.7 Å². The molecule has 13 nitrogen and oxygen atoms in total. The normalized spacial score (nSPS) is 14.0. The molecule has 2 aromatic heterocycles. The van der Waals surface area contributed by atoms with Crippen molar-refractivity contribution < 1.29 is 24.2 Å². The lowest BCUT2D eigenvalue weighted by molar-refractivity contribution is 0.0276. The molecule has 0 aromatic carbocycles. The summed E-state index contributed by atoms with van der Waals surface area (Å²) in [5.41, 5.74) is 5.65. The molecule has 0 saturated carbocycles. The van der Waals surface area contributed by atoms with Gasteiger partial charge in [0, 0.05) is 58.3 Å². The average molecular weight is 624 g/mol. The maximum Gasteiger partial charge on any atom is 0.410 e. The summed E-state index contributed by atoms with van der Waals surface area (Å²) in [5, 5.41) is 11.7. The fourth-order valence-corrected chi connectivity index (χ4v) is 4.33. The van der Waals surface area contributed by atoms with Crippen molar-refractivity contribution in [2.24, 2.45) is 0 Å². The molecule has 1 fully saturated rings. The van der Waals surface area contributed by atoms with E-state index in [1.165, 1.54) is 0 Å². The Morgan fingerprint density at radius 1 is 1.16 bits per heavy atom. The first-order chi connectivity index (χ1) is 20.3. The van der Waals surface area contributed by atoms with Crippen LogP contribution in [-0.4, -0.2) is 93.1 Å². The Hall–Kier alpha value is -3.42. The van der Waals surface area contributed by atoms with Crippen molar-refractivity contribution >= 4 is 29.6 Å². The van der Waals surface area contributed by atoms with Crippen LogP contribution in [0, 0.1) is 0 Å². The number of aromatic nitrogens is 3. The minimum atomic E-state index is -0.944. The van der Waals surface area contributed by atoms with Crippen LogP contribution in [0.3, 0.4) is 0 Å². The van der Waals surface area contributed by atoms with Gasteiger partial charge < -0.3 is 35.4 Å². The number of pyridine rings is 1. The van der Waals surface area contributed by atoms with E-state index in [1.807, 2.05) is 26.8 Å². The van der Waals surface area contributed by atoms with Crippen LogP contribution in [-0.2, 0) is 22.6 Å². The zero-order chi connectivity index (χ0) is 31.8. The quantitative estimate of drug-likeness (QED) is 0.233. The Bertz CT molecular complexity index is 1180. The van der Waals surface area contributed by atoms with Gasteiger partial charge in [0.25, 0.3) is 0 Å². The van der Waals surface area contributed by atoms with Crippen LogP contribution >= 0.6 is 11.6 Å². The molecule has 4 N–H and O–H groups in total. The number of hydrogen-bond donors (Lipinski definition) is 3. The number of halogens is 1. The number of ether oxygens (including phenoxy) is 2. The van der Waals surface area contributed by atoms with Gasteiger partial charge >= 0.3 is 17.9 Å². The molecule has 1 aliphatic rings. The average Bonchev–Trinajstić information content (AvgIpc) is 2.93. The standard InChI is InChI=1S/C15H23ClN2O3.C14H23N5O3/c1-15(2,3)21-14(19)18(4)8-5-9-20-11-12-6-7-13(16)17-10-12;15-12-5-10-19(13(20)17-12)7-2-1-6-18-8-3-11(4-9-18)16-14(21)22/h6-7,10H,5,8-9,11H2,1-4H3;5,10-11,16H,1-4,6-9H2,(H,21,22)(H2,15,17,20). The molecule has 14 heteroatoms. The summed E-state index contributed by atoms with van der Waals surface area (Å²) in [5.74, 6) is 0.249. The molecule has 0 unspecified atom stereocenters. The van der Waals surface area contributed by atoms with E-state index >= 15 is 0 Å². The van der Waals surface area contributed by atoms with Crippen LogP contribution in [0.5, 0.6) is 0 Å². The molecule has 0 bridgehead atoms. The van der Waals surface area contributed by atoms with Gasteiger partial charge in [-0.3, -0.25) is 4.57 Å². The summed E-state index contributed by atoms with van der Waals surface area (Å²) >= 11 is 5.70. The number of nitrogens with two attached hydrogens (primary N) is 1. The molecule has 2 amide bonds. The molecule has 0 spiro atoms. The molecule has 1 aliphatic heterocycles. The van der Waals surface area contributed by atoms with Gasteiger partial charge in [-0.05, 0) is 77.1 Å². The van der Waals surface area contributed by atoms with Gasteiger partial charge in [0.05, 0.1) is 6.61 Å². The monoisotopic (exact) mass is 623 g/mol. The summed E-state index contributed by atoms with van der Waals surface area (Å²) in [6.45, 7) is 10.6. The first-order valence-corrected chi connectivity index (χ1v) is 14.9. The van der Waals surface area contributed by atoms with Crippen molar-refractivity contribution in [3.8, 4) is 0 Å². The molecular formula is C29H46ClN7O6. The van der Waals surface area contributed by atoms with Crippen molar-refractivity contribution in [1.82, 2.24) is 29.7 Å². The number of aryl methyl sites for hydroxylation is 1. The fraction of sp³-hybridized carbons (Fsp3) is 0.621. The first-order valence-electron chi connectivity index (χ1n) is 14.5. The van der Waals surface area contributed by atoms with Gasteiger partial charge in [0.2, 0.25) is 0 Å². The van der Waals surface area contributed by atoms with Crippen molar-refractivity contribution in [3.63, 3.8) is 0 Å². The maximum absolute atomic E-state index is 11.7. The van der Waals surface area contributed by atoms with Crippen molar-refractivity contribution in [1.29, 1.82) is 0 Å². The summed E-state index contributed by atoms with van der Waals surface area (Å²) in [6, 6.07) is 5.31. The number of amides is 2. The largest absolute Gasteiger partial charge is 0.465 e. The third-order valence-corrected chi connectivity index (χ3v) is 6.70. The molecule has 1 saturated heterocycles. The van der Waals surface area contributed by atoms with Crippen molar-refractivity contribution in [2.75, 3.05) is 45.6 Å². The maximum atomic E-state index is 11.7. The predicted octanol–water partition coefficient (Wildman–Crippen LogP) is 3.85. The van der Waals surface area contributed by atoms with E-state index in [9.17, 15) is 14.4 Å². The van der Waals surface area contributed by atoms with Crippen molar-refractivity contribution in [2.45, 2.75) is 77.7 Å². The summed E-state index contributed by atoms with van der Waals surface area (Å²) in [7, 11) is 1.72. The van der Waals surface area contributed by atoms with Crippen LogP contribution in [0.25, 0.3) is 0 Å². The predicted molar refractivity (Wildman–Crippen MR) is 165 cm³/mol. The number of nitrogens with one attached hydrogen (secondary N) is 1. The molecule has 43 heavy (non-hydrogen) atoms. The van der Waals surface area contributed by atoms with Crippen LogP contribution in [0.2, 0.25) is 5.15 Å². The van der Waals surface area contributed by atoms with E-state index in [2.05, 4.69) is 20.2 Å². The fourth-order valence-electron chi connectivity index (χ4n) is 4.22. The molecule has 240 valence electrons. The van der Waals surface area contributed by atoms with E-state index in [4.69, 9.17) is 31.9 Å². The van der Waals surface area contributed by atoms with E-state index in [0.717, 1.165) is 57.3 Å². The second-order valence-electron chi connectivity index (χ2n) is 11.4. The topological polar surface area (TPSA) is 165 Å². The second-order valence-corrected chi connectivity index (χ2v) is 11.8. The molecular weight excluding hydrogens is 578 g/mol. The Morgan fingerprint density at radius 3 is 2.47 bits per heavy atom. The zero-order valence-corrected chi connectivity index (χ0v) is 26.4. The third kappa shape index (κ3) is 15.6. The molecule has 2 aromatic rings. The van der Waals surface area contributed by atoms with Gasteiger partial charge in [0.15, 0.2) is 0 Å². The smallest absolute Gasteiger partial charge is 0.410 e. The molecule has 0 aliphatic carbocycles. The van der Waals surface area contributed by atoms with Gasteiger partial charge in [0.1, 0.15) is 16.6 Å². The van der Waals surface area contributed by atoms with Crippen LogP contribution in [0.15, 0.2) is 35.4 Å². The number of carbonyl (C=O) groups excluding carboxylic acids is 1. The Morgan fingerprint density at radius 2 is 1.86 bits per heavy atom. The molecule has 3 rings (SSSR count). The number of nitrogens with zero attached hydrogens (tertiary/aromatic N) is 5. The highest BCUT2D eigenvalue weighted by atomic mass is 35.5. The van der Waals surface area contributed by atoms with E-state index in [0.29, 0.717) is 31.5 Å². The number of unbranched alkanes of at least 4 members (excludes halogenated alkanes) is 1. The third-order valence-electron chi connectivity index (χ3n) is 6.48. The number of piperidine rings is 1. The van der Waals surface area contributed by atoms with Crippen LogP contribution in [0.4, 0.5) is 15.4 Å². The highest BCUT2D eigenvalue weighted by Crippen LogP contribution is 2.12. The summed E-state index contributed by atoms with van der Waals surface area (Å²) in [6.07, 6.45) is 6.46. The summed E-state index contributed by atoms with van der Waals surface area (Å²) in [4.78, 5) is 45.4. The Balaban J connectivity index is 0.000000301. The number of carbonyl (C=O) groups is 2. The molecule has 0 atom stereocenters. The van der Waals surface area contributed by atoms with E-state index < -0.39 is 11.7 Å². The number of hydrogen-bond acceptors (Lipinski definition) is 9. The van der Waals surface area contributed by atoms with Gasteiger partial charge in [-0.15, -0.1) is 0 Å². The Kier molecular flexibility index (Phi) is 15.2. The van der Waals surface area contributed by atoms with Gasteiger partial charge in [-0.25, -0.2) is 19.4 Å². The highest BCUT2D eigenvalue weighted by molar-refractivity contribution is 6.29. The van der Waals surface area contributed by atoms with E-state index in [1.54, 1.807) is 41.0 Å². The van der Waals surface area contributed by atoms with Gasteiger partial charge in [-0.2, -0.15) is 4.98 Å². The number of likely N-dealkylation sites (tertiary alicyclic amines) is 1.